The van der Waals surface area contributed by atoms with E-state index in [0.717, 1.165) is 66.9 Å². The van der Waals surface area contributed by atoms with Gasteiger partial charge in [0.2, 0.25) is 10.1 Å². The van der Waals surface area contributed by atoms with Crippen LogP contribution in [0.25, 0.3) is 0 Å². The maximum atomic E-state index is 12.4. The Morgan fingerprint density at radius 3 is 1.21 bits per heavy atom. The first kappa shape index (κ1) is 70.7. The molecule has 0 fully saturated rings. The summed E-state index contributed by atoms with van der Waals surface area (Å²) in [6.07, 6.45) is 6.74. The summed E-state index contributed by atoms with van der Waals surface area (Å²) < 4.78 is 127. The van der Waals surface area contributed by atoms with Crippen molar-refractivity contribution in [1.82, 2.24) is 19.6 Å². The van der Waals surface area contributed by atoms with E-state index in [1.54, 1.807) is 110 Å². The second-order valence-corrected chi connectivity index (χ2v) is 29.9. The second-order valence-electron chi connectivity index (χ2n) is 17.7. The first-order valence-electron chi connectivity index (χ1n) is 24.4. The van der Waals surface area contributed by atoms with Crippen molar-refractivity contribution in [3.05, 3.63) is 140 Å². The summed E-state index contributed by atoms with van der Waals surface area (Å²) in [5.41, 5.74) is 5.88. The van der Waals surface area contributed by atoms with Gasteiger partial charge in [-0.1, -0.05) is 114 Å². The van der Waals surface area contributed by atoms with E-state index in [4.69, 9.17) is 31.5 Å². The molecule has 7 rings (SSSR count). The van der Waals surface area contributed by atoms with E-state index < -0.39 is 61.3 Å². The Hall–Kier alpha value is -7.77. The normalized spacial score (nSPS) is 11.7. The third kappa shape index (κ3) is 22.9. The number of nitro groups is 2. The number of nitrogens with one attached hydrogen (secondary N) is 1. The molecule has 4 heterocycles. The van der Waals surface area contributed by atoms with Crippen LogP contribution in [0.4, 0.5) is 22.7 Å². The summed E-state index contributed by atoms with van der Waals surface area (Å²) in [7, 11) is -2.24. The molecule has 0 saturated carbocycles. The Morgan fingerprint density at radius 2 is 0.837 bits per heavy atom. The van der Waals surface area contributed by atoms with Crippen LogP contribution in [0, 0.1) is 20.2 Å². The molecular weight excluding hydrogens is 1300 g/mol. The first-order valence-corrected chi connectivity index (χ1v) is 33.8. The highest BCUT2D eigenvalue weighted by Gasteiger charge is 2.28. The van der Waals surface area contributed by atoms with Crippen molar-refractivity contribution in [2.24, 2.45) is 17.6 Å². The van der Waals surface area contributed by atoms with Gasteiger partial charge < -0.3 is 44.9 Å². The largest absolute Gasteiger partial charge is 0.444 e. The molecule has 0 saturated heterocycles. The summed E-state index contributed by atoms with van der Waals surface area (Å²) in [5.74, 6) is 1.62. The zero-order valence-electron chi connectivity index (χ0n) is 47.2. The number of rotatable bonds is 24. The van der Waals surface area contributed by atoms with Gasteiger partial charge in [-0.3, -0.25) is 20.2 Å². The molecule has 0 radical (unpaired) electrons. The zero-order valence-corrected chi connectivity index (χ0v) is 54.5. The molecular formula is C50H59ClN12O15S8. The molecule has 464 valence electrons. The summed E-state index contributed by atoms with van der Waals surface area (Å²) >= 11 is 8.83. The number of hydrogen-bond acceptors (Lipinski definition) is 21. The van der Waals surface area contributed by atoms with Crippen molar-refractivity contribution < 1.29 is 57.7 Å². The van der Waals surface area contributed by atoms with Gasteiger partial charge in [-0.2, -0.15) is 33.7 Å². The van der Waals surface area contributed by atoms with E-state index in [-0.39, 0.29) is 31.9 Å². The molecule has 0 bridgehead atoms. The van der Waals surface area contributed by atoms with Crippen LogP contribution >= 0.6 is 56.9 Å². The Labute approximate surface area is 519 Å². The number of anilines is 2. The van der Waals surface area contributed by atoms with Gasteiger partial charge in [0.05, 0.1) is 27.3 Å². The van der Waals surface area contributed by atoms with Crippen LogP contribution in [0.1, 0.15) is 19.8 Å². The fraction of sp³-hybridized carbons (Fsp3) is 0.240. The summed E-state index contributed by atoms with van der Waals surface area (Å²) in [4.78, 5) is 26.2. The predicted molar refractivity (Wildman–Crippen MR) is 340 cm³/mol. The van der Waals surface area contributed by atoms with Crippen LogP contribution in [0.5, 0.6) is 32.4 Å². The average molecular weight is 1360 g/mol. The van der Waals surface area contributed by atoms with Crippen molar-refractivity contribution in [2.45, 2.75) is 36.6 Å². The molecule has 0 aliphatic rings. The van der Waals surface area contributed by atoms with Gasteiger partial charge >= 0.3 is 5.69 Å². The first-order chi connectivity index (χ1) is 40.3. The molecule has 3 N–H and O–H groups in total. The van der Waals surface area contributed by atoms with Crippen molar-refractivity contribution >= 4 is 145 Å². The van der Waals surface area contributed by atoms with Gasteiger partial charge in [0, 0.05) is 69.0 Å². The molecule has 0 amide bonds. The number of para-hydroxylation sites is 3. The van der Waals surface area contributed by atoms with E-state index in [1.165, 1.54) is 33.4 Å². The number of nitrogens with two attached hydrogens (primary N) is 1. The maximum Gasteiger partial charge on any atom is 0.324 e. The molecule has 0 unspecified atom stereocenters. The summed E-state index contributed by atoms with van der Waals surface area (Å²) in [6, 6.07) is 31.5. The van der Waals surface area contributed by atoms with Gasteiger partial charge in [0.1, 0.15) is 51.0 Å². The molecule has 36 heteroatoms. The van der Waals surface area contributed by atoms with E-state index in [2.05, 4.69) is 29.8 Å². The number of halogens is 1. The van der Waals surface area contributed by atoms with E-state index >= 15 is 0 Å². The van der Waals surface area contributed by atoms with Crippen LogP contribution in [-0.2, 0) is 40.1 Å². The quantitative estimate of drug-likeness (QED) is 0.0187. The average Bonchev–Trinajstić information content (AvgIpc) is 4.40. The molecule has 7 aromatic rings. The highest BCUT2D eigenvalue weighted by molar-refractivity contribution is 7.93. The van der Waals surface area contributed by atoms with Crippen molar-refractivity contribution in [1.29, 1.82) is 0 Å². The number of sulfonamides is 4. The van der Waals surface area contributed by atoms with Gasteiger partial charge in [0.25, 0.3) is 50.8 Å². The van der Waals surface area contributed by atoms with Gasteiger partial charge in [0.15, 0.2) is 12.8 Å². The lowest BCUT2D eigenvalue weighted by Crippen LogP contribution is -2.09. The molecule has 0 spiro atoms. The van der Waals surface area contributed by atoms with Gasteiger partial charge in [-0.15, -0.1) is 28.9 Å². The van der Waals surface area contributed by atoms with E-state index in [9.17, 15) is 53.9 Å². The number of benzene rings is 3. The van der Waals surface area contributed by atoms with Crippen molar-refractivity contribution in [3.8, 4) is 32.4 Å². The minimum absolute atomic E-state index is 0.0454. The number of ether oxygens (including phenoxy) is 3. The molecule has 0 aliphatic carbocycles. The molecule has 4 aromatic heterocycles. The maximum absolute atomic E-state index is 12.4. The van der Waals surface area contributed by atoms with Crippen LogP contribution in [-0.4, -0.2) is 151 Å². The predicted octanol–water partition coefficient (Wildman–Crippen LogP) is 10.7. The number of hydrogen-bond donors (Lipinski definition) is 2. The SMILES string of the molecule is CCCCNc1cc(S(=O)(=O)N=CN(C)C)sc1Oc1ccccc1.CN(C)C=NS(=O)(=O)c1cc(N)c(Oc2ccccc2)s1.CN(C)C=NS(=O)(=O)c1cc([N+](=O)[O-])c(Cl)s1.CN(C)C=NS(=O)(=O)c1cc([N+](=O)[O-])c(Oc2ccccc2)s1. The molecule has 3 aromatic carbocycles. The minimum Gasteiger partial charge on any atom is -0.444 e. The zero-order chi connectivity index (χ0) is 64.0. The lowest BCUT2D eigenvalue weighted by atomic mass is 10.3. The third-order valence-electron chi connectivity index (χ3n) is 9.47. The monoisotopic (exact) mass is 1360 g/mol. The molecule has 0 aliphatic heterocycles. The Morgan fingerprint density at radius 1 is 0.512 bits per heavy atom. The van der Waals surface area contributed by atoms with Crippen LogP contribution in [0.3, 0.4) is 0 Å². The van der Waals surface area contributed by atoms with E-state index in [1.807, 2.05) is 48.5 Å². The van der Waals surface area contributed by atoms with Crippen molar-refractivity contribution in [2.75, 3.05) is 74.0 Å². The Balaban J connectivity index is 0.000000248. The standard InChI is InChI=1S/C17H23N3O3S2.C13H13N3O5S2.C13H15N3O3S2.C7H8ClN3O4S2/c1-4-5-11-18-15-12-16(25(21,22)19-13-20(2)3)24-17(15)23-14-9-7-6-8-10-14;1-15(2)9-14-23(19,20)12-8-11(16(17)18)13(22-12)21-10-6-4-3-5-7-10;1-16(2)9-15-21(17,18)12-8-11(14)13(20-12)19-10-6-4-3-5-7-10;1-10(2)4-9-17(14,15)6-3-5(11(12)13)7(8)16-6/h6-10,12-13,18H,4-5,11H2,1-3H3;3-9H,1-2H3;3-9H,14H2,1-2H3;3-4H,1-2H3. The number of thiophene rings is 4. The highest BCUT2D eigenvalue weighted by Crippen LogP contribution is 2.44. The topological polar surface area (TPSA) is 351 Å². The smallest absolute Gasteiger partial charge is 0.324 e. The minimum atomic E-state index is -4.02. The molecule has 86 heavy (non-hydrogen) atoms. The van der Waals surface area contributed by atoms with Gasteiger partial charge in [-0.05, 0) is 55.0 Å². The third-order valence-corrected chi connectivity index (χ3v) is 20.5. The van der Waals surface area contributed by atoms with Crippen molar-refractivity contribution in [3.63, 3.8) is 0 Å². The second kappa shape index (κ2) is 32.7. The number of nitrogens with zero attached hydrogens (tertiary/aromatic N) is 10. The van der Waals surface area contributed by atoms with Gasteiger partial charge in [-0.25, -0.2) is 0 Å². The van der Waals surface area contributed by atoms with Crippen LogP contribution in [0.2, 0.25) is 4.34 Å². The summed E-state index contributed by atoms with van der Waals surface area (Å²) in [5, 5.41) is 25.6. The Kier molecular flexibility index (Phi) is 26.9. The molecule has 0 atom stereocenters. The van der Waals surface area contributed by atoms with Crippen LogP contribution in [0.15, 0.2) is 150 Å². The molecule has 27 nitrogen and oxygen atoms in total. The fourth-order valence-electron chi connectivity index (χ4n) is 5.53. The fourth-order valence-corrected chi connectivity index (χ4v) is 14.6. The summed E-state index contributed by atoms with van der Waals surface area (Å²) in [6.45, 7) is 2.85. The highest BCUT2D eigenvalue weighted by atomic mass is 35.5. The number of nitrogen functional groups attached to an aromatic ring is 1. The lowest BCUT2D eigenvalue weighted by molar-refractivity contribution is -0.385. The van der Waals surface area contributed by atoms with E-state index in [0.29, 0.717) is 55.7 Å². The number of unbranched alkanes of at least 4 members (excludes halogenated alkanes) is 1. The van der Waals surface area contributed by atoms with Crippen LogP contribution < -0.4 is 25.3 Å². The lowest BCUT2D eigenvalue weighted by Gasteiger charge is -2.07. The Bertz CT molecular complexity index is 3950.